The van der Waals surface area contributed by atoms with Crippen LogP contribution in [-0.2, 0) is 6.54 Å². The first-order valence-electron chi connectivity index (χ1n) is 9.83. The number of benzene rings is 3. The number of likely N-dealkylation sites (tertiary alicyclic amines) is 1. The highest BCUT2D eigenvalue weighted by molar-refractivity contribution is 6.19. The third-order valence-electron chi connectivity index (χ3n) is 5.88. The second-order valence-corrected chi connectivity index (χ2v) is 7.58. The van der Waals surface area contributed by atoms with E-state index in [4.69, 9.17) is 10.5 Å². The highest BCUT2D eigenvalue weighted by atomic mass is 16.3. The summed E-state index contributed by atoms with van der Waals surface area (Å²) in [5.74, 6) is 0.0594. The van der Waals surface area contributed by atoms with Crippen LogP contribution in [0.2, 0.25) is 0 Å². The number of piperidine rings is 1. The van der Waals surface area contributed by atoms with Gasteiger partial charge in [-0.15, -0.1) is 0 Å². The number of aromatic nitrogens is 2. The van der Waals surface area contributed by atoms with Crippen LogP contribution in [0.5, 0.6) is 5.88 Å². The standard InChI is InChI=1S/C22H22N4O2/c23-17-9-8-16-18-19(17)21(27)15-7-3-2-6-14(15)20(18)24-26(22(16)28)13-12-25-10-4-1-5-11-25/h2-3,6-9,23,28H,1,4-5,10-13H2. The van der Waals surface area contributed by atoms with Gasteiger partial charge in [-0.2, -0.15) is 5.10 Å². The Balaban J connectivity index is 1.76. The van der Waals surface area contributed by atoms with E-state index in [0.29, 0.717) is 33.6 Å². The molecule has 2 N–H and O–H groups in total. The molecule has 142 valence electrons. The molecule has 1 aliphatic rings. The molecule has 6 heteroatoms. The molecule has 1 aromatic heterocycles. The maximum Gasteiger partial charge on any atom is 0.215 e. The number of fused-ring (bicyclic) bond motifs is 2. The van der Waals surface area contributed by atoms with Crippen molar-refractivity contribution in [2.24, 2.45) is 0 Å². The van der Waals surface area contributed by atoms with Gasteiger partial charge in [-0.05, 0) is 38.1 Å². The molecule has 0 spiro atoms. The fraction of sp³-hybridized carbons (Fsp3) is 0.318. The minimum absolute atomic E-state index is 0.0594. The lowest BCUT2D eigenvalue weighted by molar-refractivity contribution is 0.214. The van der Waals surface area contributed by atoms with E-state index in [1.807, 2.05) is 18.2 Å². The predicted molar refractivity (Wildman–Crippen MR) is 110 cm³/mol. The third kappa shape index (κ3) is 2.56. The molecular weight excluding hydrogens is 352 g/mol. The van der Waals surface area contributed by atoms with Gasteiger partial charge in [0, 0.05) is 28.1 Å². The molecule has 1 saturated heterocycles. The molecule has 0 bridgehead atoms. The zero-order valence-corrected chi connectivity index (χ0v) is 15.6. The van der Waals surface area contributed by atoms with Crippen LogP contribution in [0.4, 0.5) is 0 Å². The van der Waals surface area contributed by atoms with Gasteiger partial charge in [-0.1, -0.05) is 30.7 Å². The molecule has 0 atom stereocenters. The van der Waals surface area contributed by atoms with E-state index in [-0.39, 0.29) is 16.7 Å². The summed E-state index contributed by atoms with van der Waals surface area (Å²) in [6.45, 7) is 3.60. The second-order valence-electron chi connectivity index (χ2n) is 7.58. The normalized spacial score (nSPS) is 15.7. The summed E-state index contributed by atoms with van der Waals surface area (Å²) in [6, 6.07) is 10.7. The quantitative estimate of drug-likeness (QED) is 0.427. The summed E-state index contributed by atoms with van der Waals surface area (Å²) in [4.78, 5) is 15.4. The van der Waals surface area contributed by atoms with Gasteiger partial charge in [-0.25, -0.2) is 4.68 Å². The minimum atomic E-state index is -0.175. The van der Waals surface area contributed by atoms with Gasteiger partial charge in [-0.3, -0.25) is 4.79 Å². The van der Waals surface area contributed by atoms with Crippen molar-refractivity contribution in [3.63, 3.8) is 0 Å². The fourth-order valence-electron chi connectivity index (χ4n) is 4.41. The molecule has 0 saturated carbocycles. The van der Waals surface area contributed by atoms with Gasteiger partial charge in [0.25, 0.3) is 0 Å². The average molecular weight is 374 g/mol. The van der Waals surface area contributed by atoms with Crippen LogP contribution in [0.3, 0.4) is 0 Å². The Hall–Kier alpha value is -2.99. The first kappa shape index (κ1) is 17.1. The van der Waals surface area contributed by atoms with E-state index in [9.17, 15) is 9.90 Å². The van der Waals surface area contributed by atoms with Gasteiger partial charge < -0.3 is 15.4 Å². The predicted octanol–water partition coefficient (Wildman–Crippen LogP) is 2.81. The van der Waals surface area contributed by atoms with Crippen molar-refractivity contribution in [3.05, 3.63) is 52.0 Å². The number of hydrogen-bond donors (Lipinski definition) is 2. The SMILES string of the molecule is N=c1ccc2c(O)n(CCN3CCCCC3)nc3c4ccccc4c(=O)c1c23. The molecule has 28 heavy (non-hydrogen) atoms. The molecule has 0 amide bonds. The minimum Gasteiger partial charge on any atom is -0.493 e. The van der Waals surface area contributed by atoms with Crippen LogP contribution in [-0.4, -0.2) is 39.4 Å². The number of aromatic hydroxyl groups is 1. The van der Waals surface area contributed by atoms with Gasteiger partial charge in [0.05, 0.1) is 17.3 Å². The van der Waals surface area contributed by atoms with E-state index in [1.54, 1.807) is 22.9 Å². The molecule has 3 aromatic carbocycles. The Bertz CT molecular complexity index is 1310. The molecule has 0 aliphatic carbocycles. The number of nitrogens with zero attached hydrogens (tertiary/aromatic N) is 3. The zero-order chi connectivity index (χ0) is 19.3. The molecule has 0 unspecified atom stereocenters. The maximum absolute atomic E-state index is 13.0. The van der Waals surface area contributed by atoms with Crippen molar-refractivity contribution in [1.82, 2.24) is 14.7 Å². The van der Waals surface area contributed by atoms with Crippen molar-refractivity contribution in [3.8, 4) is 5.88 Å². The van der Waals surface area contributed by atoms with Gasteiger partial charge in [0.2, 0.25) is 5.88 Å². The Morgan fingerprint density at radius 1 is 0.929 bits per heavy atom. The highest BCUT2D eigenvalue weighted by Gasteiger charge is 2.19. The van der Waals surface area contributed by atoms with E-state index < -0.39 is 0 Å². The lowest BCUT2D eigenvalue weighted by Gasteiger charge is -2.26. The summed E-state index contributed by atoms with van der Waals surface area (Å²) in [6.07, 6.45) is 3.73. The number of hydrogen-bond acceptors (Lipinski definition) is 5. The lowest BCUT2D eigenvalue weighted by Crippen LogP contribution is -2.33. The monoisotopic (exact) mass is 374 g/mol. The van der Waals surface area contributed by atoms with Crippen LogP contribution in [0, 0.1) is 5.41 Å². The Labute approximate surface area is 161 Å². The van der Waals surface area contributed by atoms with Crippen LogP contribution in [0.25, 0.3) is 32.4 Å². The lowest BCUT2D eigenvalue weighted by atomic mass is 9.98. The van der Waals surface area contributed by atoms with Crippen molar-refractivity contribution >= 4 is 32.4 Å². The van der Waals surface area contributed by atoms with Crippen LogP contribution >= 0.6 is 0 Å². The second kappa shape index (κ2) is 6.56. The summed E-state index contributed by atoms with van der Waals surface area (Å²) in [5.41, 5.74) is 0.497. The molecule has 5 rings (SSSR count). The van der Waals surface area contributed by atoms with Crippen molar-refractivity contribution < 1.29 is 5.11 Å². The van der Waals surface area contributed by atoms with E-state index in [2.05, 4.69) is 4.90 Å². The Morgan fingerprint density at radius 2 is 1.68 bits per heavy atom. The smallest absolute Gasteiger partial charge is 0.215 e. The highest BCUT2D eigenvalue weighted by Crippen LogP contribution is 2.32. The molecular formula is C22H22N4O2. The Kier molecular flexibility index (Phi) is 4.02. The van der Waals surface area contributed by atoms with E-state index in [1.165, 1.54) is 19.3 Å². The average Bonchev–Trinajstić information content (AvgIpc) is 2.73. The van der Waals surface area contributed by atoms with E-state index >= 15 is 0 Å². The first-order chi connectivity index (χ1) is 13.6. The molecule has 1 fully saturated rings. The molecule has 6 nitrogen and oxygen atoms in total. The summed E-state index contributed by atoms with van der Waals surface area (Å²) in [5, 5.41) is 26.9. The summed E-state index contributed by atoms with van der Waals surface area (Å²) >= 11 is 0. The topological polar surface area (TPSA) is 82.2 Å². The first-order valence-corrected chi connectivity index (χ1v) is 9.83. The maximum atomic E-state index is 13.0. The molecule has 4 aromatic rings. The number of rotatable bonds is 3. The molecule has 2 heterocycles. The zero-order valence-electron chi connectivity index (χ0n) is 15.6. The summed E-state index contributed by atoms with van der Waals surface area (Å²) in [7, 11) is 0. The van der Waals surface area contributed by atoms with Crippen molar-refractivity contribution in [2.45, 2.75) is 25.8 Å². The molecule has 0 radical (unpaired) electrons. The molecule has 1 aliphatic heterocycles. The van der Waals surface area contributed by atoms with Crippen LogP contribution in [0.1, 0.15) is 19.3 Å². The van der Waals surface area contributed by atoms with Crippen molar-refractivity contribution in [1.29, 1.82) is 5.41 Å². The van der Waals surface area contributed by atoms with Gasteiger partial charge in [0.1, 0.15) is 5.52 Å². The Morgan fingerprint density at radius 3 is 2.46 bits per heavy atom. The van der Waals surface area contributed by atoms with E-state index in [0.717, 1.165) is 25.0 Å². The van der Waals surface area contributed by atoms with Crippen molar-refractivity contribution in [2.75, 3.05) is 19.6 Å². The summed E-state index contributed by atoms with van der Waals surface area (Å²) < 4.78 is 1.65. The third-order valence-corrected chi connectivity index (χ3v) is 5.88. The van der Waals surface area contributed by atoms with Gasteiger partial charge >= 0.3 is 0 Å². The number of nitrogens with one attached hydrogen (secondary N) is 1. The van der Waals surface area contributed by atoms with Gasteiger partial charge in [0.15, 0.2) is 5.43 Å². The fourth-order valence-corrected chi connectivity index (χ4v) is 4.41. The van der Waals surface area contributed by atoms with Crippen LogP contribution in [0.15, 0.2) is 41.2 Å². The van der Waals surface area contributed by atoms with Crippen LogP contribution < -0.4 is 10.8 Å². The largest absolute Gasteiger partial charge is 0.493 e.